The van der Waals surface area contributed by atoms with Crippen molar-refractivity contribution in [1.82, 2.24) is 5.32 Å². The molecule has 0 aliphatic heterocycles. The van der Waals surface area contributed by atoms with Crippen molar-refractivity contribution in [1.29, 1.82) is 5.26 Å². The standard InChI is InChI=1S/C18H18FN3O3S/c1-26(24,25)22(17-8-4-14(12-20)5-9-17)11-10-18(23)21-13-15-2-6-16(19)7-3-15/h2-9H,10-11,13H2,1H3,(H,21,23). The first kappa shape index (κ1) is 19.4. The molecule has 26 heavy (non-hydrogen) atoms. The van der Waals surface area contributed by atoms with Crippen LogP contribution in [0.5, 0.6) is 0 Å². The van der Waals surface area contributed by atoms with E-state index in [1.165, 1.54) is 36.4 Å². The summed E-state index contributed by atoms with van der Waals surface area (Å²) in [5.74, 6) is -0.678. The number of anilines is 1. The third kappa shape index (κ3) is 5.57. The molecule has 0 aliphatic carbocycles. The van der Waals surface area contributed by atoms with Crippen molar-refractivity contribution in [3.8, 4) is 6.07 Å². The van der Waals surface area contributed by atoms with Gasteiger partial charge in [-0.3, -0.25) is 9.10 Å². The molecule has 6 nitrogen and oxygen atoms in total. The summed E-state index contributed by atoms with van der Waals surface area (Å²) >= 11 is 0. The number of amides is 1. The van der Waals surface area contributed by atoms with Crippen molar-refractivity contribution >= 4 is 21.6 Å². The van der Waals surface area contributed by atoms with E-state index in [9.17, 15) is 17.6 Å². The molecule has 8 heteroatoms. The second-order valence-electron chi connectivity index (χ2n) is 5.65. The lowest BCUT2D eigenvalue weighted by molar-refractivity contribution is -0.121. The Morgan fingerprint density at radius 1 is 1.15 bits per heavy atom. The fourth-order valence-corrected chi connectivity index (χ4v) is 3.21. The van der Waals surface area contributed by atoms with Crippen molar-refractivity contribution in [2.75, 3.05) is 17.1 Å². The SMILES string of the molecule is CS(=O)(=O)N(CCC(=O)NCc1ccc(F)cc1)c1ccc(C#N)cc1. The molecule has 0 heterocycles. The number of carbonyl (C=O) groups is 1. The summed E-state index contributed by atoms with van der Waals surface area (Å²) in [5, 5.41) is 11.5. The summed E-state index contributed by atoms with van der Waals surface area (Å²) in [6.07, 6.45) is 1.02. The molecule has 0 saturated heterocycles. The largest absolute Gasteiger partial charge is 0.352 e. The number of nitriles is 1. The smallest absolute Gasteiger partial charge is 0.232 e. The van der Waals surface area contributed by atoms with Gasteiger partial charge in [-0.2, -0.15) is 5.26 Å². The molecule has 2 aromatic carbocycles. The van der Waals surface area contributed by atoms with Gasteiger partial charge in [-0.25, -0.2) is 12.8 Å². The monoisotopic (exact) mass is 375 g/mol. The van der Waals surface area contributed by atoms with Crippen LogP contribution in [-0.4, -0.2) is 27.1 Å². The zero-order chi connectivity index (χ0) is 19.2. The van der Waals surface area contributed by atoms with Gasteiger partial charge in [0, 0.05) is 19.5 Å². The average Bonchev–Trinajstić information content (AvgIpc) is 2.61. The minimum atomic E-state index is -3.58. The Morgan fingerprint density at radius 3 is 2.31 bits per heavy atom. The van der Waals surface area contributed by atoms with Crippen LogP contribution in [0.3, 0.4) is 0 Å². The molecule has 0 radical (unpaired) electrons. The van der Waals surface area contributed by atoms with Crippen molar-refractivity contribution in [2.24, 2.45) is 0 Å². The predicted octanol–water partition coefficient (Wildman–Crippen LogP) is 2.17. The van der Waals surface area contributed by atoms with E-state index in [1.807, 2.05) is 6.07 Å². The van der Waals surface area contributed by atoms with Gasteiger partial charge < -0.3 is 5.32 Å². The minimum absolute atomic E-state index is 0.0278. The van der Waals surface area contributed by atoms with Gasteiger partial charge in [-0.15, -0.1) is 0 Å². The maximum atomic E-state index is 12.8. The van der Waals surface area contributed by atoms with Crippen LogP contribution >= 0.6 is 0 Å². The number of rotatable bonds is 7. The lowest BCUT2D eigenvalue weighted by Crippen LogP contribution is -2.34. The van der Waals surface area contributed by atoms with Gasteiger partial charge in [0.25, 0.3) is 0 Å². The molecule has 0 fully saturated rings. The molecule has 0 bridgehead atoms. The van der Waals surface area contributed by atoms with E-state index >= 15 is 0 Å². The summed E-state index contributed by atoms with van der Waals surface area (Å²) in [4.78, 5) is 12.0. The van der Waals surface area contributed by atoms with Crippen LogP contribution in [0.2, 0.25) is 0 Å². The molecule has 0 aliphatic rings. The molecule has 0 spiro atoms. The van der Waals surface area contributed by atoms with Crippen molar-refractivity contribution in [2.45, 2.75) is 13.0 Å². The Labute approximate surface area is 151 Å². The Morgan fingerprint density at radius 2 is 1.77 bits per heavy atom. The van der Waals surface area contributed by atoms with Crippen LogP contribution in [0.4, 0.5) is 10.1 Å². The number of hydrogen-bond donors (Lipinski definition) is 1. The second kappa shape index (κ2) is 8.45. The topological polar surface area (TPSA) is 90.3 Å². The highest BCUT2D eigenvalue weighted by atomic mass is 32.2. The number of nitrogens with one attached hydrogen (secondary N) is 1. The molecule has 2 aromatic rings. The van der Waals surface area contributed by atoms with Gasteiger partial charge in [0.2, 0.25) is 15.9 Å². The lowest BCUT2D eigenvalue weighted by atomic mass is 10.2. The van der Waals surface area contributed by atoms with Crippen LogP contribution < -0.4 is 9.62 Å². The van der Waals surface area contributed by atoms with Crippen molar-refractivity contribution < 1.29 is 17.6 Å². The predicted molar refractivity (Wildman–Crippen MR) is 96.2 cm³/mol. The van der Waals surface area contributed by atoms with Gasteiger partial charge in [-0.05, 0) is 42.0 Å². The highest BCUT2D eigenvalue weighted by Crippen LogP contribution is 2.18. The molecule has 1 amide bonds. The first-order valence-electron chi connectivity index (χ1n) is 7.78. The average molecular weight is 375 g/mol. The van der Waals surface area contributed by atoms with Crippen LogP contribution in [0, 0.1) is 17.1 Å². The molecule has 2 rings (SSSR count). The van der Waals surface area contributed by atoms with Gasteiger partial charge in [-0.1, -0.05) is 12.1 Å². The Balaban J connectivity index is 1.97. The Hall–Kier alpha value is -2.92. The van der Waals surface area contributed by atoms with Gasteiger partial charge in [0.05, 0.1) is 23.6 Å². The van der Waals surface area contributed by atoms with E-state index in [-0.39, 0.29) is 31.2 Å². The van der Waals surface area contributed by atoms with E-state index in [4.69, 9.17) is 5.26 Å². The zero-order valence-electron chi connectivity index (χ0n) is 14.1. The fourth-order valence-electron chi connectivity index (χ4n) is 2.28. The van der Waals surface area contributed by atoms with Gasteiger partial charge in [0.1, 0.15) is 5.82 Å². The lowest BCUT2D eigenvalue weighted by Gasteiger charge is -2.22. The van der Waals surface area contributed by atoms with E-state index in [1.54, 1.807) is 12.1 Å². The van der Waals surface area contributed by atoms with E-state index in [2.05, 4.69) is 5.32 Å². The van der Waals surface area contributed by atoms with Gasteiger partial charge in [0.15, 0.2) is 0 Å². The third-order valence-corrected chi connectivity index (χ3v) is 4.82. The van der Waals surface area contributed by atoms with E-state index in [0.29, 0.717) is 11.3 Å². The quantitative estimate of drug-likeness (QED) is 0.803. The Bertz CT molecular complexity index is 904. The first-order valence-corrected chi connectivity index (χ1v) is 9.63. The first-order chi connectivity index (χ1) is 12.3. The normalized spacial score (nSPS) is 10.8. The van der Waals surface area contributed by atoms with Crippen molar-refractivity contribution in [3.63, 3.8) is 0 Å². The number of carbonyl (C=O) groups excluding carboxylic acids is 1. The number of benzene rings is 2. The summed E-state index contributed by atoms with van der Waals surface area (Å²) < 4.78 is 38.0. The second-order valence-corrected chi connectivity index (χ2v) is 7.55. The molecule has 0 unspecified atom stereocenters. The van der Waals surface area contributed by atoms with E-state index < -0.39 is 10.0 Å². The summed E-state index contributed by atoms with van der Waals surface area (Å²) in [7, 11) is -3.58. The number of sulfonamides is 1. The maximum absolute atomic E-state index is 12.8. The summed E-state index contributed by atoms with van der Waals surface area (Å²) in [5.41, 5.74) is 1.55. The highest BCUT2D eigenvalue weighted by Gasteiger charge is 2.18. The fraction of sp³-hybridized carbons (Fsp3) is 0.222. The zero-order valence-corrected chi connectivity index (χ0v) is 15.0. The molecule has 0 atom stereocenters. The number of hydrogen-bond acceptors (Lipinski definition) is 4. The molecular weight excluding hydrogens is 357 g/mol. The minimum Gasteiger partial charge on any atom is -0.352 e. The maximum Gasteiger partial charge on any atom is 0.232 e. The third-order valence-electron chi connectivity index (χ3n) is 3.63. The molecule has 136 valence electrons. The summed E-state index contributed by atoms with van der Waals surface area (Å²) in [6, 6.07) is 13.8. The molecule has 1 N–H and O–H groups in total. The Kier molecular flexibility index (Phi) is 6.31. The number of nitrogens with zero attached hydrogens (tertiary/aromatic N) is 2. The van der Waals surface area contributed by atoms with E-state index in [0.717, 1.165) is 16.1 Å². The molecule has 0 saturated carbocycles. The van der Waals surface area contributed by atoms with Crippen LogP contribution in [0.15, 0.2) is 48.5 Å². The molecular formula is C18H18FN3O3S. The summed E-state index contributed by atoms with van der Waals surface area (Å²) in [6.45, 7) is 0.203. The van der Waals surface area contributed by atoms with Crippen LogP contribution in [0.25, 0.3) is 0 Å². The molecule has 0 aromatic heterocycles. The van der Waals surface area contributed by atoms with Crippen LogP contribution in [-0.2, 0) is 21.4 Å². The van der Waals surface area contributed by atoms with Crippen LogP contribution in [0.1, 0.15) is 17.5 Å². The van der Waals surface area contributed by atoms with Crippen molar-refractivity contribution in [3.05, 3.63) is 65.5 Å². The highest BCUT2D eigenvalue weighted by molar-refractivity contribution is 7.92. The number of halogens is 1. The van der Waals surface area contributed by atoms with Gasteiger partial charge >= 0.3 is 0 Å².